The van der Waals surface area contributed by atoms with E-state index in [0.717, 1.165) is 26.1 Å². The maximum Gasteiger partial charge on any atom is 0.0638 e. The van der Waals surface area contributed by atoms with E-state index in [1.165, 1.54) is 19.3 Å². The zero-order valence-electron chi connectivity index (χ0n) is 8.88. The van der Waals surface area contributed by atoms with Crippen LogP contribution in [0.4, 0.5) is 0 Å². The van der Waals surface area contributed by atoms with E-state index >= 15 is 0 Å². The molecule has 1 saturated heterocycles. The molecule has 0 aromatic heterocycles. The molecule has 0 aromatic carbocycles. The van der Waals surface area contributed by atoms with E-state index in [1.54, 1.807) is 0 Å². The summed E-state index contributed by atoms with van der Waals surface area (Å²) < 4.78 is 5.13. The van der Waals surface area contributed by atoms with Gasteiger partial charge in [0.25, 0.3) is 0 Å². The molecular weight excluding hydrogens is 164 g/mol. The van der Waals surface area contributed by atoms with E-state index in [0.29, 0.717) is 0 Å². The Morgan fingerprint density at radius 2 is 2.00 bits per heavy atom. The van der Waals surface area contributed by atoms with Crippen LogP contribution in [0.5, 0.6) is 0 Å². The van der Waals surface area contributed by atoms with Gasteiger partial charge in [-0.3, -0.25) is 0 Å². The summed E-state index contributed by atoms with van der Waals surface area (Å²) in [5.74, 6) is 0. The quantitative estimate of drug-likeness (QED) is 0.645. The molecule has 1 N–H and O–H groups in total. The molecule has 1 rings (SSSR count). The van der Waals surface area contributed by atoms with E-state index in [-0.39, 0.29) is 11.5 Å². The van der Waals surface area contributed by atoms with Crippen molar-refractivity contribution in [3.8, 4) is 0 Å². The molecule has 1 fully saturated rings. The number of unbranched alkanes of at least 4 members (excludes halogenated alkanes) is 3. The largest absolute Gasteiger partial charge is 0.392 e. The number of hydrogen-bond donors (Lipinski definition) is 1. The van der Waals surface area contributed by atoms with Crippen LogP contribution in [0.25, 0.3) is 0 Å². The number of ether oxygens (including phenoxy) is 1. The second-order valence-electron chi connectivity index (χ2n) is 4.51. The van der Waals surface area contributed by atoms with Crippen LogP contribution in [-0.2, 0) is 4.74 Å². The molecule has 0 saturated carbocycles. The first-order chi connectivity index (χ1) is 6.19. The van der Waals surface area contributed by atoms with Crippen LogP contribution < -0.4 is 0 Å². The van der Waals surface area contributed by atoms with Gasteiger partial charge in [-0.05, 0) is 6.42 Å². The molecule has 1 aliphatic heterocycles. The summed E-state index contributed by atoms with van der Waals surface area (Å²) in [5.41, 5.74) is 0.0617. The molecule has 2 nitrogen and oxygen atoms in total. The zero-order valence-corrected chi connectivity index (χ0v) is 8.88. The third kappa shape index (κ3) is 2.96. The predicted molar refractivity (Wildman–Crippen MR) is 53.7 cm³/mol. The van der Waals surface area contributed by atoms with Crippen LogP contribution in [0, 0.1) is 5.41 Å². The standard InChI is InChI=1S/C11H22O2/c1-3-4-5-6-7-10(12)11(2)8-13-9-11/h10,12H,3-9H2,1-2H3. The molecule has 78 valence electrons. The van der Waals surface area contributed by atoms with Crippen LogP contribution in [0.2, 0.25) is 0 Å². The average Bonchev–Trinajstić information content (AvgIpc) is 2.08. The lowest BCUT2D eigenvalue weighted by Gasteiger charge is -2.42. The smallest absolute Gasteiger partial charge is 0.0638 e. The Bertz CT molecular complexity index is 141. The van der Waals surface area contributed by atoms with Gasteiger partial charge in [0.15, 0.2) is 0 Å². The van der Waals surface area contributed by atoms with Crippen molar-refractivity contribution in [3.05, 3.63) is 0 Å². The van der Waals surface area contributed by atoms with E-state index in [1.807, 2.05) is 0 Å². The third-order valence-electron chi connectivity index (χ3n) is 3.00. The molecule has 0 aromatic rings. The second kappa shape index (κ2) is 4.97. The SMILES string of the molecule is CCCCCCC(O)C1(C)COC1. The van der Waals surface area contributed by atoms with Gasteiger partial charge in [-0.25, -0.2) is 0 Å². The maximum atomic E-state index is 9.85. The molecule has 0 bridgehead atoms. The van der Waals surface area contributed by atoms with Crippen molar-refractivity contribution in [3.63, 3.8) is 0 Å². The highest BCUT2D eigenvalue weighted by atomic mass is 16.5. The lowest BCUT2D eigenvalue weighted by molar-refractivity contribution is -0.162. The van der Waals surface area contributed by atoms with Crippen LogP contribution in [-0.4, -0.2) is 24.4 Å². The van der Waals surface area contributed by atoms with E-state index in [4.69, 9.17) is 4.74 Å². The lowest BCUT2D eigenvalue weighted by atomic mass is 9.80. The Kier molecular flexibility index (Phi) is 4.20. The number of hydrogen-bond acceptors (Lipinski definition) is 2. The van der Waals surface area contributed by atoms with Crippen LogP contribution in [0.1, 0.15) is 46.0 Å². The van der Waals surface area contributed by atoms with Gasteiger partial charge in [-0.2, -0.15) is 0 Å². The Morgan fingerprint density at radius 1 is 1.31 bits per heavy atom. The fourth-order valence-electron chi connectivity index (χ4n) is 1.73. The van der Waals surface area contributed by atoms with Gasteiger partial charge in [0, 0.05) is 5.41 Å². The summed E-state index contributed by atoms with van der Waals surface area (Å²) in [6.07, 6.45) is 5.75. The normalized spacial score (nSPS) is 22.4. The second-order valence-corrected chi connectivity index (χ2v) is 4.51. The van der Waals surface area contributed by atoms with Crippen molar-refractivity contribution in [1.82, 2.24) is 0 Å². The van der Waals surface area contributed by atoms with Gasteiger partial charge in [-0.15, -0.1) is 0 Å². The minimum atomic E-state index is -0.155. The first-order valence-corrected chi connectivity index (χ1v) is 5.45. The molecule has 0 radical (unpaired) electrons. The van der Waals surface area contributed by atoms with Gasteiger partial charge in [-0.1, -0.05) is 39.5 Å². The Labute approximate surface area is 81.3 Å². The van der Waals surface area contributed by atoms with E-state index < -0.39 is 0 Å². The molecule has 1 aliphatic rings. The van der Waals surface area contributed by atoms with E-state index in [2.05, 4.69) is 13.8 Å². The van der Waals surface area contributed by atoms with Gasteiger partial charge >= 0.3 is 0 Å². The van der Waals surface area contributed by atoms with Gasteiger partial charge in [0.1, 0.15) is 0 Å². The highest BCUT2D eigenvalue weighted by Crippen LogP contribution is 2.33. The van der Waals surface area contributed by atoms with E-state index in [9.17, 15) is 5.11 Å². The highest BCUT2D eigenvalue weighted by molar-refractivity contribution is 4.87. The number of aliphatic hydroxyl groups is 1. The van der Waals surface area contributed by atoms with Crippen molar-refractivity contribution in [2.24, 2.45) is 5.41 Å². The molecule has 0 amide bonds. The van der Waals surface area contributed by atoms with Gasteiger partial charge < -0.3 is 9.84 Å². The topological polar surface area (TPSA) is 29.5 Å². The molecule has 0 aliphatic carbocycles. The summed E-state index contributed by atoms with van der Waals surface area (Å²) >= 11 is 0. The Morgan fingerprint density at radius 3 is 2.46 bits per heavy atom. The maximum absolute atomic E-state index is 9.85. The molecule has 1 heterocycles. The van der Waals surface area contributed by atoms with Crippen molar-refractivity contribution < 1.29 is 9.84 Å². The minimum Gasteiger partial charge on any atom is -0.392 e. The first kappa shape index (κ1) is 11.0. The van der Waals surface area contributed by atoms with Crippen molar-refractivity contribution in [1.29, 1.82) is 0 Å². The first-order valence-electron chi connectivity index (χ1n) is 5.45. The fourth-order valence-corrected chi connectivity index (χ4v) is 1.73. The predicted octanol–water partition coefficient (Wildman–Crippen LogP) is 2.35. The van der Waals surface area contributed by atoms with Crippen LogP contribution in [0.3, 0.4) is 0 Å². The lowest BCUT2D eigenvalue weighted by Crippen LogP contribution is -2.48. The Hall–Kier alpha value is -0.0800. The van der Waals surface area contributed by atoms with Crippen LogP contribution in [0.15, 0.2) is 0 Å². The molecule has 13 heavy (non-hydrogen) atoms. The minimum absolute atomic E-state index is 0.0617. The summed E-state index contributed by atoms with van der Waals surface area (Å²) in [6.45, 7) is 5.79. The molecule has 0 spiro atoms. The van der Waals surface area contributed by atoms with Crippen molar-refractivity contribution in [2.75, 3.05) is 13.2 Å². The number of rotatable bonds is 6. The third-order valence-corrected chi connectivity index (χ3v) is 3.00. The van der Waals surface area contributed by atoms with Crippen LogP contribution >= 0.6 is 0 Å². The summed E-state index contributed by atoms with van der Waals surface area (Å²) in [6, 6.07) is 0. The molecule has 1 atom stereocenters. The molecular formula is C11H22O2. The monoisotopic (exact) mass is 186 g/mol. The van der Waals surface area contributed by atoms with Crippen molar-refractivity contribution >= 4 is 0 Å². The van der Waals surface area contributed by atoms with Gasteiger partial charge in [0.2, 0.25) is 0 Å². The number of aliphatic hydroxyl groups excluding tert-OH is 1. The van der Waals surface area contributed by atoms with Crippen molar-refractivity contribution in [2.45, 2.75) is 52.1 Å². The average molecular weight is 186 g/mol. The summed E-state index contributed by atoms with van der Waals surface area (Å²) in [7, 11) is 0. The Balaban J connectivity index is 2.06. The molecule has 1 unspecified atom stereocenters. The fraction of sp³-hybridized carbons (Fsp3) is 1.00. The summed E-state index contributed by atoms with van der Waals surface area (Å²) in [4.78, 5) is 0. The zero-order chi connectivity index (χ0) is 9.73. The molecule has 2 heteroatoms. The van der Waals surface area contributed by atoms with Gasteiger partial charge in [0.05, 0.1) is 19.3 Å². The summed E-state index contributed by atoms with van der Waals surface area (Å²) in [5, 5.41) is 9.85. The highest BCUT2D eigenvalue weighted by Gasteiger charge is 2.39.